The van der Waals surface area contributed by atoms with Crippen LogP contribution in [0.5, 0.6) is 0 Å². The number of nitro groups is 1. The lowest BCUT2D eigenvalue weighted by Crippen LogP contribution is -2.38. The third kappa shape index (κ3) is 1.42. The van der Waals surface area contributed by atoms with Crippen molar-refractivity contribution in [3.8, 4) is 0 Å². The normalized spacial score (nSPS) is 37.1. The fourth-order valence-corrected chi connectivity index (χ4v) is 1.64. The third-order valence-corrected chi connectivity index (χ3v) is 2.29. The summed E-state index contributed by atoms with van der Waals surface area (Å²) in [5.41, 5.74) is 0. The van der Waals surface area contributed by atoms with Gasteiger partial charge >= 0.3 is 0 Å². The molecule has 0 aliphatic carbocycles. The lowest BCUT2D eigenvalue weighted by molar-refractivity contribution is -0.528. The molecule has 12 heavy (non-hydrogen) atoms. The van der Waals surface area contributed by atoms with Gasteiger partial charge in [0.1, 0.15) is 12.1 Å². The second kappa shape index (κ2) is 3.37. The summed E-state index contributed by atoms with van der Waals surface area (Å²) >= 11 is 0. The first-order chi connectivity index (χ1) is 5.57. The molecule has 0 aromatic rings. The van der Waals surface area contributed by atoms with E-state index in [1.54, 1.807) is 12.0 Å². The van der Waals surface area contributed by atoms with E-state index in [0.717, 1.165) is 0 Å². The molecule has 1 fully saturated rings. The Balaban J connectivity index is 2.70. The fraction of sp³-hybridized carbons (Fsp3) is 1.00. The Morgan fingerprint density at radius 3 is 2.42 bits per heavy atom. The van der Waals surface area contributed by atoms with Crippen molar-refractivity contribution < 1.29 is 9.76 Å². The van der Waals surface area contributed by atoms with Gasteiger partial charge in [0.25, 0.3) is 6.04 Å². The molecule has 1 aliphatic rings. The Morgan fingerprint density at radius 1 is 1.58 bits per heavy atom. The SMILES string of the molecule is CCN1OC(C)C([N+](=O)[O-])C1C. The highest BCUT2D eigenvalue weighted by Crippen LogP contribution is 2.22. The van der Waals surface area contributed by atoms with Crippen molar-refractivity contribution in [1.82, 2.24) is 5.06 Å². The number of nitrogens with zero attached hydrogens (tertiary/aromatic N) is 2. The third-order valence-electron chi connectivity index (χ3n) is 2.29. The molecule has 0 spiro atoms. The Labute approximate surface area is 71.4 Å². The summed E-state index contributed by atoms with van der Waals surface area (Å²) in [6, 6.07) is -0.718. The first-order valence-electron chi connectivity index (χ1n) is 4.14. The Morgan fingerprint density at radius 2 is 2.17 bits per heavy atom. The molecule has 70 valence electrons. The van der Waals surface area contributed by atoms with E-state index < -0.39 is 6.04 Å². The first-order valence-corrected chi connectivity index (χ1v) is 4.14. The van der Waals surface area contributed by atoms with Gasteiger partial charge in [0, 0.05) is 11.5 Å². The van der Waals surface area contributed by atoms with E-state index in [0.29, 0.717) is 6.54 Å². The molecular weight excluding hydrogens is 160 g/mol. The van der Waals surface area contributed by atoms with Crippen molar-refractivity contribution in [2.24, 2.45) is 0 Å². The molecule has 3 unspecified atom stereocenters. The maximum Gasteiger partial charge on any atom is 0.257 e. The number of rotatable bonds is 2. The minimum Gasteiger partial charge on any atom is -0.288 e. The molecule has 1 saturated heterocycles. The fourth-order valence-electron chi connectivity index (χ4n) is 1.64. The van der Waals surface area contributed by atoms with Gasteiger partial charge in [-0.25, -0.2) is 0 Å². The lowest BCUT2D eigenvalue weighted by atomic mass is 10.1. The lowest BCUT2D eigenvalue weighted by Gasteiger charge is -2.15. The monoisotopic (exact) mass is 174 g/mol. The molecule has 0 N–H and O–H groups in total. The molecule has 1 heterocycles. The minimum absolute atomic E-state index is 0.125. The van der Waals surface area contributed by atoms with Crippen LogP contribution in [0, 0.1) is 10.1 Å². The van der Waals surface area contributed by atoms with Crippen LogP contribution in [0.1, 0.15) is 20.8 Å². The van der Waals surface area contributed by atoms with Gasteiger partial charge in [0.05, 0.1) is 0 Å². The largest absolute Gasteiger partial charge is 0.288 e. The maximum absolute atomic E-state index is 10.6. The molecule has 0 aromatic carbocycles. The van der Waals surface area contributed by atoms with Crippen molar-refractivity contribution >= 4 is 0 Å². The second-order valence-electron chi connectivity index (χ2n) is 3.06. The quantitative estimate of drug-likeness (QED) is 0.456. The van der Waals surface area contributed by atoms with Crippen LogP contribution in [0.3, 0.4) is 0 Å². The maximum atomic E-state index is 10.6. The highest BCUT2D eigenvalue weighted by Gasteiger charge is 2.45. The average molecular weight is 174 g/mol. The average Bonchev–Trinajstić information content (AvgIpc) is 2.25. The number of hydrogen-bond donors (Lipinski definition) is 0. The summed E-state index contributed by atoms with van der Waals surface area (Å²) < 4.78 is 0. The van der Waals surface area contributed by atoms with Gasteiger partial charge in [-0.2, -0.15) is 5.06 Å². The summed E-state index contributed by atoms with van der Waals surface area (Å²) in [6.45, 7) is 6.17. The standard InChI is InChI=1S/C7H14N2O3/c1-4-8-5(2)7(9(10)11)6(3)12-8/h5-7H,4H2,1-3H3. The van der Waals surface area contributed by atoms with E-state index in [4.69, 9.17) is 4.84 Å². The van der Waals surface area contributed by atoms with Gasteiger partial charge in [-0.3, -0.25) is 15.0 Å². The summed E-state index contributed by atoms with van der Waals surface area (Å²) in [6.07, 6.45) is -0.310. The molecule has 1 aliphatic heterocycles. The highest BCUT2D eigenvalue weighted by atomic mass is 16.7. The van der Waals surface area contributed by atoms with Crippen molar-refractivity contribution in [3.05, 3.63) is 10.1 Å². The van der Waals surface area contributed by atoms with E-state index in [1.807, 2.05) is 13.8 Å². The Bertz CT molecular complexity index is 185. The summed E-state index contributed by atoms with van der Waals surface area (Å²) in [7, 11) is 0. The summed E-state index contributed by atoms with van der Waals surface area (Å²) in [4.78, 5) is 15.6. The van der Waals surface area contributed by atoms with Crippen molar-refractivity contribution in [2.75, 3.05) is 6.54 Å². The zero-order valence-electron chi connectivity index (χ0n) is 7.56. The molecule has 3 atom stereocenters. The van der Waals surface area contributed by atoms with E-state index >= 15 is 0 Å². The smallest absolute Gasteiger partial charge is 0.257 e. The van der Waals surface area contributed by atoms with Gasteiger partial charge in [-0.15, -0.1) is 0 Å². The number of hydroxylamine groups is 2. The van der Waals surface area contributed by atoms with Crippen LogP contribution in [0.15, 0.2) is 0 Å². The van der Waals surface area contributed by atoms with E-state index in [2.05, 4.69) is 0 Å². The molecular formula is C7H14N2O3. The van der Waals surface area contributed by atoms with Crippen LogP contribution in [-0.2, 0) is 4.84 Å². The van der Waals surface area contributed by atoms with E-state index in [9.17, 15) is 10.1 Å². The van der Waals surface area contributed by atoms with Crippen LogP contribution in [0.25, 0.3) is 0 Å². The van der Waals surface area contributed by atoms with Gasteiger partial charge < -0.3 is 0 Å². The highest BCUT2D eigenvalue weighted by molar-refractivity contribution is 4.81. The number of hydrogen-bond acceptors (Lipinski definition) is 4. The molecule has 0 amide bonds. The van der Waals surface area contributed by atoms with E-state index in [1.165, 1.54) is 0 Å². The van der Waals surface area contributed by atoms with Crippen LogP contribution >= 0.6 is 0 Å². The molecule has 5 heteroatoms. The zero-order valence-corrected chi connectivity index (χ0v) is 7.56. The predicted molar refractivity (Wildman–Crippen MR) is 43.2 cm³/mol. The first kappa shape index (κ1) is 9.41. The molecule has 0 radical (unpaired) electrons. The zero-order chi connectivity index (χ0) is 9.30. The molecule has 1 rings (SSSR count). The van der Waals surface area contributed by atoms with Crippen LogP contribution in [0.4, 0.5) is 0 Å². The summed E-state index contributed by atoms with van der Waals surface area (Å²) in [5.74, 6) is 0. The van der Waals surface area contributed by atoms with Crippen molar-refractivity contribution in [2.45, 2.75) is 39.0 Å². The van der Waals surface area contributed by atoms with Crippen LogP contribution in [-0.4, -0.2) is 34.7 Å². The van der Waals surface area contributed by atoms with Gasteiger partial charge in [0.2, 0.25) is 0 Å². The number of likely N-dealkylation sites (N-methyl/N-ethyl adjacent to an activating group) is 1. The van der Waals surface area contributed by atoms with Gasteiger partial charge in [-0.05, 0) is 13.8 Å². The van der Waals surface area contributed by atoms with Crippen LogP contribution < -0.4 is 0 Å². The minimum atomic E-state index is -0.593. The Kier molecular flexibility index (Phi) is 2.64. The molecule has 5 nitrogen and oxygen atoms in total. The van der Waals surface area contributed by atoms with E-state index in [-0.39, 0.29) is 17.1 Å². The van der Waals surface area contributed by atoms with Gasteiger partial charge in [0.15, 0.2) is 0 Å². The summed E-state index contributed by atoms with van der Waals surface area (Å²) in [5, 5.41) is 12.2. The molecule has 0 aromatic heterocycles. The molecule has 0 saturated carbocycles. The molecule has 0 bridgehead atoms. The second-order valence-corrected chi connectivity index (χ2v) is 3.06. The van der Waals surface area contributed by atoms with Crippen LogP contribution in [0.2, 0.25) is 0 Å². The van der Waals surface area contributed by atoms with Gasteiger partial charge in [-0.1, -0.05) is 6.92 Å². The predicted octanol–water partition coefficient (Wildman–Crippen LogP) is 0.676. The topological polar surface area (TPSA) is 55.6 Å². The Hall–Kier alpha value is -0.680. The van der Waals surface area contributed by atoms with Crippen molar-refractivity contribution in [3.63, 3.8) is 0 Å². The van der Waals surface area contributed by atoms with Crippen molar-refractivity contribution in [1.29, 1.82) is 0 Å².